The van der Waals surface area contributed by atoms with E-state index in [0.717, 1.165) is 35.7 Å². The molecule has 4 rings (SSSR count). The van der Waals surface area contributed by atoms with Crippen LogP contribution in [0.1, 0.15) is 47.1 Å². The van der Waals surface area contributed by atoms with E-state index >= 15 is 0 Å². The Labute approximate surface area is 188 Å². The molecule has 8 nitrogen and oxygen atoms in total. The third kappa shape index (κ3) is 4.37. The number of aromatic amines is 1. The fraction of sp³-hybridized carbons (Fsp3) is 0.476. The van der Waals surface area contributed by atoms with E-state index in [1.807, 2.05) is 23.1 Å². The van der Waals surface area contributed by atoms with Crippen LogP contribution in [0.4, 0.5) is 0 Å². The molecule has 1 aliphatic rings. The van der Waals surface area contributed by atoms with Crippen molar-refractivity contribution in [2.75, 3.05) is 19.3 Å². The van der Waals surface area contributed by atoms with Crippen molar-refractivity contribution in [1.29, 1.82) is 0 Å². The summed E-state index contributed by atoms with van der Waals surface area (Å²) in [6.45, 7) is 7.70. The molecule has 31 heavy (non-hydrogen) atoms. The van der Waals surface area contributed by atoms with Gasteiger partial charge in [-0.05, 0) is 51.4 Å². The Hall–Kier alpha value is -2.30. The first-order chi connectivity index (χ1) is 14.6. The number of hydrogen-bond donors (Lipinski definition) is 1. The van der Waals surface area contributed by atoms with Gasteiger partial charge >= 0.3 is 0 Å². The standard InChI is InChI=1S/C21H28N6O2S2/c1-14-7-9-17(10-8-14)12-26-16(3)19(15(2)24-26)27-20(22-23-21(27)30)18-6-5-11-25(13-18)31(4,28)29/h7-10,18H,5-6,11-13H2,1-4H3,(H,23,30)/t18-/m0/s1. The number of aromatic nitrogens is 5. The van der Waals surface area contributed by atoms with Gasteiger partial charge in [-0.3, -0.25) is 14.3 Å². The summed E-state index contributed by atoms with van der Waals surface area (Å²) >= 11 is 5.58. The highest BCUT2D eigenvalue weighted by Crippen LogP contribution is 2.30. The molecule has 1 saturated heterocycles. The van der Waals surface area contributed by atoms with Gasteiger partial charge in [0.15, 0.2) is 4.77 Å². The van der Waals surface area contributed by atoms with Crippen LogP contribution >= 0.6 is 12.2 Å². The highest BCUT2D eigenvalue weighted by molar-refractivity contribution is 7.88. The Kier molecular flexibility index (Phi) is 5.89. The molecule has 1 atom stereocenters. The lowest BCUT2D eigenvalue weighted by Gasteiger charge is -2.30. The van der Waals surface area contributed by atoms with E-state index in [1.165, 1.54) is 21.7 Å². The quantitative estimate of drug-likeness (QED) is 0.591. The Morgan fingerprint density at radius 2 is 1.90 bits per heavy atom. The van der Waals surface area contributed by atoms with Gasteiger partial charge < -0.3 is 0 Å². The Morgan fingerprint density at radius 1 is 1.19 bits per heavy atom. The van der Waals surface area contributed by atoms with Crippen molar-refractivity contribution < 1.29 is 8.42 Å². The first-order valence-electron chi connectivity index (χ1n) is 10.4. The molecule has 0 saturated carbocycles. The molecule has 1 aromatic carbocycles. The molecule has 1 N–H and O–H groups in total. The Morgan fingerprint density at radius 3 is 2.58 bits per heavy atom. The van der Waals surface area contributed by atoms with Crippen molar-refractivity contribution in [2.45, 2.75) is 46.1 Å². The van der Waals surface area contributed by atoms with Gasteiger partial charge in [0.25, 0.3) is 0 Å². The normalized spacial score (nSPS) is 17.9. The maximum Gasteiger partial charge on any atom is 0.211 e. The monoisotopic (exact) mass is 460 g/mol. The molecule has 3 heterocycles. The van der Waals surface area contributed by atoms with E-state index in [4.69, 9.17) is 17.3 Å². The van der Waals surface area contributed by atoms with Gasteiger partial charge in [-0.25, -0.2) is 12.7 Å². The van der Waals surface area contributed by atoms with Gasteiger partial charge in [-0.15, -0.1) is 0 Å². The van der Waals surface area contributed by atoms with E-state index in [9.17, 15) is 8.42 Å². The minimum absolute atomic E-state index is 0.0318. The number of H-pyrrole nitrogens is 1. The molecule has 10 heteroatoms. The summed E-state index contributed by atoms with van der Waals surface area (Å²) in [6.07, 6.45) is 2.92. The van der Waals surface area contributed by atoms with Crippen molar-refractivity contribution in [3.63, 3.8) is 0 Å². The van der Waals surface area contributed by atoms with E-state index in [1.54, 1.807) is 0 Å². The SMILES string of the molecule is Cc1ccc(Cn2nc(C)c(-n3c([C@H]4CCCN(S(C)(=O)=O)C4)n[nH]c3=S)c2C)cc1. The molecule has 0 radical (unpaired) electrons. The Balaban J connectivity index is 1.71. The first-order valence-corrected chi connectivity index (χ1v) is 12.6. The second kappa shape index (κ2) is 8.33. The summed E-state index contributed by atoms with van der Waals surface area (Å²) in [7, 11) is -3.24. The minimum atomic E-state index is -3.24. The number of nitrogens with one attached hydrogen (secondary N) is 1. The molecule has 3 aromatic rings. The Bertz CT molecular complexity index is 1250. The van der Waals surface area contributed by atoms with Crippen LogP contribution in [0.15, 0.2) is 24.3 Å². The van der Waals surface area contributed by atoms with E-state index in [0.29, 0.717) is 24.4 Å². The third-order valence-corrected chi connectivity index (χ3v) is 7.48. The van der Waals surface area contributed by atoms with Crippen LogP contribution in [0.25, 0.3) is 5.69 Å². The van der Waals surface area contributed by atoms with Crippen molar-refractivity contribution >= 4 is 22.2 Å². The molecule has 1 fully saturated rings. The smallest absolute Gasteiger partial charge is 0.211 e. The zero-order chi connectivity index (χ0) is 22.3. The van der Waals surface area contributed by atoms with Gasteiger partial charge in [0, 0.05) is 19.0 Å². The molecule has 0 spiro atoms. The molecular weight excluding hydrogens is 432 g/mol. The second-order valence-electron chi connectivity index (χ2n) is 8.35. The van der Waals surface area contributed by atoms with Crippen molar-refractivity contribution in [2.24, 2.45) is 0 Å². The lowest BCUT2D eigenvalue weighted by molar-refractivity contribution is 0.309. The zero-order valence-electron chi connectivity index (χ0n) is 18.3. The lowest BCUT2D eigenvalue weighted by Crippen LogP contribution is -2.39. The summed E-state index contributed by atoms with van der Waals surface area (Å²) < 4.78 is 30.1. The van der Waals surface area contributed by atoms with Crippen LogP contribution < -0.4 is 0 Å². The maximum atomic E-state index is 12.1. The fourth-order valence-corrected chi connectivity index (χ4v) is 5.43. The molecular formula is C21H28N6O2S2. The zero-order valence-corrected chi connectivity index (χ0v) is 19.9. The summed E-state index contributed by atoms with van der Waals surface area (Å²) in [6, 6.07) is 8.43. The highest BCUT2D eigenvalue weighted by atomic mass is 32.2. The van der Waals surface area contributed by atoms with Crippen LogP contribution in [0.5, 0.6) is 0 Å². The van der Waals surface area contributed by atoms with Gasteiger partial charge in [0.05, 0.1) is 29.9 Å². The predicted octanol–water partition coefficient (Wildman–Crippen LogP) is 3.24. The van der Waals surface area contributed by atoms with Crippen LogP contribution in [0.2, 0.25) is 0 Å². The predicted molar refractivity (Wildman–Crippen MR) is 123 cm³/mol. The lowest BCUT2D eigenvalue weighted by atomic mass is 9.98. The fourth-order valence-electron chi connectivity index (χ4n) is 4.28. The van der Waals surface area contributed by atoms with E-state index < -0.39 is 10.0 Å². The average Bonchev–Trinajstić information content (AvgIpc) is 3.22. The maximum absolute atomic E-state index is 12.1. The van der Waals surface area contributed by atoms with Gasteiger partial charge in [0.2, 0.25) is 10.0 Å². The van der Waals surface area contributed by atoms with Gasteiger partial charge in [-0.1, -0.05) is 29.8 Å². The van der Waals surface area contributed by atoms with Crippen molar-refractivity contribution in [3.05, 3.63) is 57.4 Å². The first kappa shape index (κ1) is 21.9. The molecule has 0 amide bonds. The second-order valence-corrected chi connectivity index (χ2v) is 10.7. The topological polar surface area (TPSA) is 88.8 Å². The molecule has 166 valence electrons. The number of piperidine rings is 1. The number of aryl methyl sites for hydroxylation is 2. The van der Waals surface area contributed by atoms with Crippen LogP contribution in [-0.4, -0.2) is 56.6 Å². The number of benzene rings is 1. The van der Waals surface area contributed by atoms with Crippen LogP contribution in [0, 0.1) is 25.5 Å². The third-order valence-electron chi connectivity index (χ3n) is 5.94. The summed E-state index contributed by atoms with van der Waals surface area (Å²) in [5.74, 6) is 0.732. The number of sulfonamides is 1. The summed E-state index contributed by atoms with van der Waals surface area (Å²) in [4.78, 5) is 0. The van der Waals surface area contributed by atoms with Gasteiger partial charge in [0.1, 0.15) is 5.82 Å². The summed E-state index contributed by atoms with van der Waals surface area (Å²) in [5, 5.41) is 12.2. The van der Waals surface area contributed by atoms with Crippen molar-refractivity contribution in [3.8, 4) is 5.69 Å². The van der Waals surface area contributed by atoms with E-state index in [2.05, 4.69) is 41.4 Å². The number of nitrogens with zero attached hydrogens (tertiary/aromatic N) is 5. The largest absolute Gasteiger partial charge is 0.268 e. The van der Waals surface area contributed by atoms with Crippen molar-refractivity contribution in [1.82, 2.24) is 28.9 Å². The highest BCUT2D eigenvalue weighted by Gasteiger charge is 2.31. The molecule has 1 aliphatic heterocycles. The molecule has 0 unspecified atom stereocenters. The van der Waals surface area contributed by atoms with E-state index in [-0.39, 0.29) is 5.92 Å². The molecule has 2 aromatic heterocycles. The number of rotatable bonds is 5. The number of hydrogen-bond acceptors (Lipinski definition) is 5. The molecule has 0 bridgehead atoms. The molecule has 0 aliphatic carbocycles. The van der Waals surface area contributed by atoms with Gasteiger partial charge in [-0.2, -0.15) is 10.2 Å². The average molecular weight is 461 g/mol. The van der Waals surface area contributed by atoms with Crippen LogP contribution in [-0.2, 0) is 16.6 Å². The summed E-state index contributed by atoms with van der Waals surface area (Å²) in [5.41, 5.74) is 5.17. The minimum Gasteiger partial charge on any atom is -0.268 e. The van der Waals surface area contributed by atoms with Crippen LogP contribution in [0.3, 0.4) is 0 Å².